The van der Waals surface area contributed by atoms with Crippen molar-refractivity contribution in [2.24, 2.45) is 10.3 Å². The van der Waals surface area contributed by atoms with Gasteiger partial charge in [0.25, 0.3) is 0 Å². The Kier molecular flexibility index (Phi) is 6.71. The van der Waals surface area contributed by atoms with Crippen LogP contribution in [0, 0.1) is 4.91 Å². The molecule has 2 amide bonds. The normalized spacial score (nSPS) is 31.8. The van der Waals surface area contributed by atoms with Gasteiger partial charge in [-0.3, -0.25) is 9.59 Å². The maximum Gasteiger partial charge on any atom is 0.241 e. The van der Waals surface area contributed by atoms with Crippen molar-refractivity contribution >= 4 is 23.8 Å². The fourth-order valence-electron chi connectivity index (χ4n) is 2.71. The van der Waals surface area contributed by atoms with Crippen LogP contribution in [0.4, 0.5) is 0 Å². The van der Waals surface area contributed by atoms with E-state index in [1.165, 1.54) is 13.8 Å². The van der Waals surface area contributed by atoms with Crippen molar-refractivity contribution in [3.05, 3.63) is 4.91 Å². The largest absolute Gasteiger partial charge is 0.394 e. The highest BCUT2D eigenvalue weighted by Crippen LogP contribution is 2.35. The summed E-state index contributed by atoms with van der Waals surface area (Å²) >= 11 is 0.414. The minimum absolute atomic E-state index is 0.414. The summed E-state index contributed by atoms with van der Waals surface area (Å²) in [7, 11) is 0. The predicted molar refractivity (Wildman–Crippen MR) is 86.7 cm³/mol. The molecule has 1 fully saturated rings. The number of aliphatic hydroxyl groups excluding tert-OH is 4. The first kappa shape index (κ1) is 20.0. The monoisotopic (exact) mass is 382 g/mol. The molecule has 0 radical (unpaired) electrons. The smallest absolute Gasteiger partial charge is 0.241 e. The van der Waals surface area contributed by atoms with E-state index in [0.29, 0.717) is 16.8 Å². The second kappa shape index (κ2) is 8.38. The van der Waals surface area contributed by atoms with Crippen molar-refractivity contribution in [2.75, 3.05) is 6.61 Å². The van der Waals surface area contributed by atoms with Crippen molar-refractivity contribution in [3.8, 4) is 0 Å². The van der Waals surface area contributed by atoms with Gasteiger partial charge in [-0.25, -0.2) is 0 Å². The molecule has 0 aliphatic carbocycles. The first-order valence-electron chi connectivity index (χ1n) is 7.95. The van der Waals surface area contributed by atoms with E-state index in [1.54, 1.807) is 0 Å². The van der Waals surface area contributed by atoms with Gasteiger partial charge in [0.05, 0.1) is 11.4 Å². The van der Waals surface area contributed by atoms with Crippen molar-refractivity contribution in [2.45, 2.75) is 62.2 Å². The second-order valence-electron chi connectivity index (χ2n) is 6.09. The van der Waals surface area contributed by atoms with Crippen molar-refractivity contribution in [1.82, 2.24) is 4.90 Å². The van der Waals surface area contributed by atoms with Crippen LogP contribution in [0.2, 0.25) is 0 Å². The van der Waals surface area contributed by atoms with Crippen LogP contribution in [0.3, 0.4) is 0 Å². The molecule has 1 aliphatic heterocycles. The number of primary amides is 1. The van der Waals surface area contributed by atoms with Crippen LogP contribution in [0.15, 0.2) is 4.58 Å². The Labute approximate surface area is 149 Å². The van der Waals surface area contributed by atoms with E-state index >= 15 is 0 Å². The predicted octanol–water partition coefficient (Wildman–Crippen LogP) is -2.32. The molecule has 0 bridgehead atoms. The molecule has 0 unspecified atom stereocenters. The number of nitrogens with zero attached hydrogens (tertiary/aromatic N) is 2. The fraction of sp³-hybridized carbons (Fsp3) is 0.846. The van der Waals surface area contributed by atoms with Crippen LogP contribution < -0.4 is 5.73 Å². The summed E-state index contributed by atoms with van der Waals surface area (Å²) in [5, 5.41) is 39.3. The minimum Gasteiger partial charge on any atom is -0.394 e. The van der Waals surface area contributed by atoms with E-state index < -0.39 is 66.8 Å². The van der Waals surface area contributed by atoms with Gasteiger partial charge in [-0.15, -0.1) is 4.91 Å². The third kappa shape index (κ3) is 4.46. The van der Waals surface area contributed by atoms with E-state index in [1.807, 2.05) is 0 Å². The minimum atomic E-state index is -1.87. The van der Waals surface area contributed by atoms with E-state index in [-0.39, 0.29) is 0 Å². The number of hydrogen-bond acceptors (Lipinski definition) is 10. The Morgan fingerprint density at radius 1 is 1.36 bits per heavy atom. The molecule has 1 saturated heterocycles. The average Bonchev–Trinajstić information content (AvgIpc) is 2.57. The van der Waals surface area contributed by atoms with Gasteiger partial charge in [0.2, 0.25) is 11.8 Å². The summed E-state index contributed by atoms with van der Waals surface area (Å²) in [5.41, 5.74) is 5.38. The molecule has 25 heavy (non-hydrogen) atoms. The number of carbonyl (C=O) groups excluding carboxylic acids is 2. The Bertz CT molecular complexity index is 538. The van der Waals surface area contributed by atoms with Gasteiger partial charge >= 0.3 is 0 Å². The van der Waals surface area contributed by atoms with Gasteiger partial charge in [-0.05, 0) is 13.8 Å². The Hall–Kier alpha value is -1.31. The molecule has 0 saturated carbocycles. The standard InChI is InChI=1S/C13H23N3O8S/c1-5(18)16(10(11(14)22)13(2,3)25-15-23)12-9(21)8(20)7(19)6(4-17)24-12/h6-10,12,17,19-21H,4H2,1-3H3,(H2,14,22)/t6-,7-,8+,9-,10-,12-/m1/s1/i1D. The Morgan fingerprint density at radius 2 is 1.96 bits per heavy atom. The van der Waals surface area contributed by atoms with Crippen molar-refractivity contribution in [3.63, 3.8) is 0 Å². The number of hydrogen-bond donors (Lipinski definition) is 5. The first-order chi connectivity index (χ1) is 12.0. The summed E-state index contributed by atoms with van der Waals surface area (Å²) in [4.78, 5) is 35.7. The number of amides is 2. The molecule has 0 aromatic rings. The topological polar surface area (TPSA) is 183 Å². The second-order valence-corrected chi connectivity index (χ2v) is 7.48. The molecule has 1 heterocycles. The van der Waals surface area contributed by atoms with Crippen LogP contribution in [0.1, 0.15) is 22.1 Å². The van der Waals surface area contributed by atoms with Crippen molar-refractivity contribution in [1.29, 1.82) is 0 Å². The zero-order valence-corrected chi connectivity index (χ0v) is 14.5. The number of aliphatic hydroxyl groups is 4. The zero-order valence-electron chi connectivity index (χ0n) is 14.7. The van der Waals surface area contributed by atoms with Crippen molar-refractivity contribution < 1.29 is 36.1 Å². The van der Waals surface area contributed by atoms with Gasteiger partial charge < -0.3 is 35.8 Å². The van der Waals surface area contributed by atoms with Gasteiger partial charge in [0, 0.05) is 24.8 Å². The molecule has 0 aromatic carbocycles. The lowest BCUT2D eigenvalue weighted by Gasteiger charge is -2.48. The highest BCUT2D eigenvalue weighted by molar-refractivity contribution is 7.99. The lowest BCUT2D eigenvalue weighted by molar-refractivity contribution is -0.266. The first-order valence-corrected chi connectivity index (χ1v) is 8.01. The third-order valence-electron chi connectivity index (χ3n) is 3.91. The molecule has 6 N–H and O–H groups in total. The number of nitroso groups, excluding NO2 is 1. The molecular formula is C13H23N3O8S. The highest BCUT2D eigenvalue weighted by Gasteiger charge is 2.52. The van der Waals surface area contributed by atoms with Gasteiger partial charge in [0.15, 0.2) is 6.23 Å². The fourth-order valence-corrected chi connectivity index (χ4v) is 3.23. The Balaban J connectivity index is 3.41. The van der Waals surface area contributed by atoms with E-state index in [4.69, 9.17) is 11.8 Å². The van der Waals surface area contributed by atoms with Gasteiger partial charge in [0.1, 0.15) is 30.5 Å². The van der Waals surface area contributed by atoms with Crippen LogP contribution in [-0.2, 0) is 14.3 Å². The molecule has 1 aliphatic rings. The summed E-state index contributed by atoms with van der Waals surface area (Å²) in [6, 6.07) is -1.55. The average molecular weight is 382 g/mol. The van der Waals surface area contributed by atoms with Gasteiger partial charge in [-0.1, -0.05) is 0 Å². The lowest BCUT2D eigenvalue weighted by Crippen LogP contribution is -2.69. The number of carbonyl (C=O) groups is 2. The maximum absolute atomic E-state index is 12.4. The maximum atomic E-state index is 12.4. The van der Waals surface area contributed by atoms with Crippen LogP contribution in [0.25, 0.3) is 0 Å². The number of ether oxygens (including phenoxy) is 1. The molecular weight excluding hydrogens is 358 g/mol. The molecule has 0 aromatic heterocycles. The summed E-state index contributed by atoms with van der Waals surface area (Å²) in [6.07, 6.45) is -8.39. The summed E-state index contributed by atoms with van der Waals surface area (Å²) < 4.78 is 13.9. The molecule has 12 heteroatoms. The van der Waals surface area contributed by atoms with Crippen LogP contribution in [-0.4, -0.2) is 85.2 Å². The molecule has 6 atom stereocenters. The number of nitrogens with two attached hydrogens (primary N) is 1. The van der Waals surface area contributed by atoms with E-state index in [0.717, 1.165) is 0 Å². The van der Waals surface area contributed by atoms with E-state index in [9.17, 15) is 34.9 Å². The summed E-state index contributed by atoms with van der Waals surface area (Å²) in [5.74, 6) is -2.05. The third-order valence-corrected chi connectivity index (χ3v) is 4.68. The molecule has 1 rings (SSSR count). The molecule has 144 valence electrons. The molecule has 0 spiro atoms. The van der Waals surface area contributed by atoms with Gasteiger partial charge in [-0.2, -0.15) is 0 Å². The zero-order chi connectivity index (χ0) is 20.2. The SMILES string of the molecule is [2H]CC(=O)N([C@@H]1O[C@H](CO)[C@@H](O)[C@H](O)[C@H]1O)[C@H](C(N)=O)C(C)(C)SN=O. The summed E-state index contributed by atoms with van der Waals surface area (Å²) in [6.45, 7) is 1.18. The Morgan fingerprint density at radius 3 is 2.40 bits per heavy atom. The van der Waals surface area contributed by atoms with Crippen LogP contribution in [0.5, 0.6) is 0 Å². The quantitative estimate of drug-likeness (QED) is 0.238. The van der Waals surface area contributed by atoms with Crippen LogP contribution >= 0.6 is 11.9 Å². The molecule has 11 nitrogen and oxygen atoms in total. The highest BCUT2D eigenvalue weighted by atomic mass is 32.2. The number of rotatable bonds is 7. The van der Waals surface area contributed by atoms with E-state index in [2.05, 4.69) is 4.58 Å². The lowest BCUT2D eigenvalue weighted by atomic mass is 9.94.